The van der Waals surface area contributed by atoms with Gasteiger partial charge in [0.25, 0.3) is 5.56 Å². The molecule has 0 spiro atoms. The second kappa shape index (κ2) is 6.77. The van der Waals surface area contributed by atoms with Gasteiger partial charge in [-0.2, -0.15) is 0 Å². The number of aromatic nitrogens is 2. The van der Waals surface area contributed by atoms with E-state index in [9.17, 15) is 14.7 Å². The van der Waals surface area contributed by atoms with Gasteiger partial charge in [0.1, 0.15) is 10.6 Å². The second-order valence-corrected chi connectivity index (χ2v) is 7.96. The summed E-state index contributed by atoms with van der Waals surface area (Å²) >= 11 is 2.53. The maximum Gasteiger partial charge on any atom is 0.267 e. The first-order valence-corrected chi connectivity index (χ1v) is 9.93. The van der Waals surface area contributed by atoms with Gasteiger partial charge in [-0.1, -0.05) is 11.8 Å². The van der Waals surface area contributed by atoms with Crippen LogP contribution in [0.3, 0.4) is 0 Å². The Bertz CT molecular complexity index is 1050. The minimum atomic E-state index is -1.20. The summed E-state index contributed by atoms with van der Waals surface area (Å²) in [7, 11) is 1.57. The summed E-state index contributed by atoms with van der Waals surface area (Å²) in [6.07, 6.45) is 2.92. The molecule has 0 saturated heterocycles. The first-order valence-electron chi connectivity index (χ1n) is 8.13. The summed E-state index contributed by atoms with van der Waals surface area (Å²) in [6.45, 7) is 0. The lowest BCUT2D eigenvalue weighted by molar-refractivity contribution is -0.301. The quantitative estimate of drug-likeness (QED) is 0.490. The van der Waals surface area contributed by atoms with E-state index in [1.165, 1.54) is 20.8 Å². The van der Waals surface area contributed by atoms with Crippen molar-refractivity contribution in [1.29, 1.82) is 0 Å². The van der Waals surface area contributed by atoms with Crippen LogP contribution in [0.15, 0.2) is 34.2 Å². The number of carbonyl (C=O) groups is 1. The maximum absolute atomic E-state index is 13.3. The third-order valence-electron chi connectivity index (χ3n) is 4.36. The highest BCUT2D eigenvalue weighted by Crippen LogP contribution is 2.36. The summed E-state index contributed by atoms with van der Waals surface area (Å²) in [5.41, 5.74) is 1.57. The van der Waals surface area contributed by atoms with E-state index in [4.69, 9.17) is 4.74 Å². The number of aryl methyl sites for hydroxylation is 2. The molecule has 4 rings (SSSR count). The third-order valence-corrected chi connectivity index (χ3v) is 6.46. The standard InChI is InChI=1S/C18H16N2O4S2/c1-24-11-7-5-10(6-8-11)20-17(23)15-12-3-2-4-13(12)26-16(15)19-18(20)25-9-14(21)22/h5-8H,2-4,9H2,1H3,(H,21,22)/p-1. The Morgan fingerprint density at radius 2 is 2.12 bits per heavy atom. The van der Waals surface area contributed by atoms with Gasteiger partial charge < -0.3 is 14.6 Å². The Kier molecular flexibility index (Phi) is 4.46. The monoisotopic (exact) mass is 387 g/mol. The predicted octanol–water partition coefficient (Wildman–Crippen LogP) is 1.79. The zero-order valence-electron chi connectivity index (χ0n) is 14.0. The van der Waals surface area contributed by atoms with E-state index in [0.29, 0.717) is 26.8 Å². The van der Waals surface area contributed by atoms with Gasteiger partial charge in [0.2, 0.25) is 0 Å². The predicted molar refractivity (Wildman–Crippen MR) is 99.5 cm³/mol. The van der Waals surface area contributed by atoms with Crippen molar-refractivity contribution in [3.8, 4) is 11.4 Å². The van der Waals surface area contributed by atoms with E-state index >= 15 is 0 Å². The Hall–Kier alpha value is -2.32. The van der Waals surface area contributed by atoms with Crippen molar-refractivity contribution in [3.05, 3.63) is 45.1 Å². The molecule has 0 radical (unpaired) electrons. The zero-order valence-corrected chi connectivity index (χ0v) is 15.6. The molecule has 1 aromatic carbocycles. The lowest BCUT2D eigenvalue weighted by Crippen LogP contribution is -2.26. The van der Waals surface area contributed by atoms with Crippen molar-refractivity contribution in [2.24, 2.45) is 0 Å². The van der Waals surface area contributed by atoms with E-state index in [1.54, 1.807) is 31.4 Å². The number of hydrogen-bond donors (Lipinski definition) is 0. The highest BCUT2D eigenvalue weighted by Gasteiger charge is 2.23. The summed E-state index contributed by atoms with van der Waals surface area (Å²) in [4.78, 5) is 30.7. The number of ether oxygens (including phenoxy) is 1. The van der Waals surface area contributed by atoms with Crippen molar-refractivity contribution in [2.75, 3.05) is 12.9 Å². The summed E-state index contributed by atoms with van der Waals surface area (Å²) < 4.78 is 6.66. The van der Waals surface area contributed by atoms with E-state index in [0.717, 1.165) is 36.6 Å². The Labute approximate surface area is 157 Å². The minimum Gasteiger partial charge on any atom is -0.549 e. The van der Waals surface area contributed by atoms with Crippen LogP contribution >= 0.6 is 23.1 Å². The number of fused-ring (bicyclic) bond motifs is 3. The fourth-order valence-corrected chi connectivity index (χ4v) is 5.23. The Balaban J connectivity index is 1.94. The number of aliphatic carboxylic acids is 1. The molecule has 26 heavy (non-hydrogen) atoms. The minimum absolute atomic E-state index is 0.152. The first-order chi connectivity index (χ1) is 12.6. The van der Waals surface area contributed by atoms with Crippen LogP contribution in [-0.2, 0) is 17.6 Å². The van der Waals surface area contributed by atoms with Crippen LogP contribution in [0.4, 0.5) is 0 Å². The van der Waals surface area contributed by atoms with E-state index < -0.39 is 5.97 Å². The number of hydrogen-bond acceptors (Lipinski definition) is 7. The number of carboxylic acids is 1. The lowest BCUT2D eigenvalue weighted by atomic mass is 10.2. The van der Waals surface area contributed by atoms with Crippen LogP contribution in [0.25, 0.3) is 15.9 Å². The van der Waals surface area contributed by atoms with Gasteiger partial charge >= 0.3 is 0 Å². The summed E-state index contributed by atoms with van der Waals surface area (Å²) in [6, 6.07) is 7.06. The third kappa shape index (κ3) is 2.89. The van der Waals surface area contributed by atoms with E-state index in [2.05, 4.69) is 4.98 Å². The van der Waals surface area contributed by atoms with Crippen LogP contribution in [-0.4, -0.2) is 28.4 Å². The highest BCUT2D eigenvalue weighted by molar-refractivity contribution is 7.99. The molecule has 2 heterocycles. The van der Waals surface area contributed by atoms with Gasteiger partial charge in [0.15, 0.2) is 5.16 Å². The molecule has 6 nitrogen and oxygen atoms in total. The van der Waals surface area contributed by atoms with Crippen molar-refractivity contribution >= 4 is 39.3 Å². The van der Waals surface area contributed by atoms with Gasteiger partial charge in [-0.05, 0) is 49.1 Å². The van der Waals surface area contributed by atoms with Crippen LogP contribution < -0.4 is 15.4 Å². The van der Waals surface area contributed by atoms with Crippen LogP contribution in [0.1, 0.15) is 16.9 Å². The number of methoxy groups -OCH3 is 1. The van der Waals surface area contributed by atoms with E-state index in [1.807, 2.05) is 0 Å². The van der Waals surface area contributed by atoms with Crippen molar-refractivity contribution in [3.63, 3.8) is 0 Å². The molecule has 0 N–H and O–H groups in total. The van der Waals surface area contributed by atoms with E-state index in [-0.39, 0.29) is 11.3 Å². The summed E-state index contributed by atoms with van der Waals surface area (Å²) in [5.74, 6) is -0.783. The van der Waals surface area contributed by atoms with Gasteiger partial charge in [-0.25, -0.2) is 4.98 Å². The van der Waals surface area contributed by atoms with Gasteiger partial charge in [0, 0.05) is 10.6 Å². The molecule has 3 aromatic rings. The lowest BCUT2D eigenvalue weighted by Gasteiger charge is -2.13. The maximum atomic E-state index is 13.3. The molecule has 0 aliphatic heterocycles. The molecule has 8 heteroatoms. The number of rotatable bonds is 5. The number of carboxylic acid groups (broad SMARTS) is 1. The molecule has 2 aromatic heterocycles. The number of carbonyl (C=O) groups excluding carboxylic acids is 1. The summed E-state index contributed by atoms with van der Waals surface area (Å²) in [5, 5.41) is 11.9. The molecule has 0 atom stereocenters. The Morgan fingerprint density at radius 1 is 1.35 bits per heavy atom. The topological polar surface area (TPSA) is 84.2 Å². The molecule has 0 unspecified atom stereocenters. The number of thiophene rings is 1. The smallest absolute Gasteiger partial charge is 0.267 e. The van der Waals surface area contributed by atoms with Crippen LogP contribution in [0, 0.1) is 0 Å². The Morgan fingerprint density at radius 3 is 2.81 bits per heavy atom. The zero-order chi connectivity index (χ0) is 18.3. The van der Waals surface area contributed by atoms with Crippen molar-refractivity contribution < 1.29 is 14.6 Å². The van der Waals surface area contributed by atoms with Crippen molar-refractivity contribution in [1.82, 2.24) is 9.55 Å². The molecule has 134 valence electrons. The van der Waals surface area contributed by atoms with Crippen molar-refractivity contribution in [2.45, 2.75) is 24.4 Å². The first kappa shape index (κ1) is 17.1. The fraction of sp³-hybridized carbons (Fsp3) is 0.278. The second-order valence-electron chi connectivity index (χ2n) is 5.93. The SMILES string of the molecule is COc1ccc(-n2c(SCC(=O)[O-])nc3sc4c(c3c2=O)CCC4)cc1. The van der Waals surface area contributed by atoms with Gasteiger partial charge in [-0.3, -0.25) is 9.36 Å². The molecule has 0 bridgehead atoms. The largest absolute Gasteiger partial charge is 0.549 e. The molecule has 1 aliphatic rings. The average molecular weight is 387 g/mol. The van der Waals surface area contributed by atoms with Gasteiger partial charge in [-0.15, -0.1) is 11.3 Å². The average Bonchev–Trinajstić information content (AvgIpc) is 3.20. The molecular weight excluding hydrogens is 372 g/mol. The molecule has 0 fully saturated rings. The molecule has 1 aliphatic carbocycles. The highest BCUT2D eigenvalue weighted by atomic mass is 32.2. The van der Waals surface area contributed by atoms with Gasteiger partial charge in [0.05, 0.1) is 24.2 Å². The fourth-order valence-electron chi connectivity index (χ4n) is 3.20. The molecule has 0 saturated carbocycles. The van der Waals surface area contributed by atoms with Crippen LogP contribution in [0.2, 0.25) is 0 Å². The normalized spacial score (nSPS) is 13.1. The molecular formula is C18H15N2O4S2-. The number of benzene rings is 1. The molecule has 0 amide bonds. The number of nitrogens with zero attached hydrogens (tertiary/aromatic N) is 2. The number of thioether (sulfide) groups is 1. The van der Waals surface area contributed by atoms with Crippen LogP contribution in [0.5, 0.6) is 5.75 Å².